The van der Waals surface area contributed by atoms with Crippen molar-refractivity contribution in [2.24, 2.45) is 0 Å². The minimum absolute atomic E-state index is 0.0327. The number of carbonyl (C=O) groups excluding carboxylic acids is 1. The number of amides is 1. The Kier molecular flexibility index (Phi) is 6.51. The number of carbonyl (C=O) groups is 1. The number of nitrogens with zero attached hydrogens (tertiary/aromatic N) is 4. The van der Waals surface area contributed by atoms with Gasteiger partial charge in [0.15, 0.2) is 17.2 Å². The summed E-state index contributed by atoms with van der Waals surface area (Å²) in [5.41, 5.74) is 0.278. The first-order valence-corrected chi connectivity index (χ1v) is 13.2. The van der Waals surface area contributed by atoms with Crippen LogP contribution in [0.25, 0.3) is 11.0 Å². The predicted molar refractivity (Wildman–Crippen MR) is 120 cm³/mol. The number of hydrogen-bond acceptors (Lipinski definition) is 10. The lowest BCUT2D eigenvalue weighted by Gasteiger charge is -2.29. The SMILES string of the molecule is O=C1CC(OC[C@H]2O[C@@H](n3ncc4c(NC5CCCC5)nc(Cl)nc43)[C@H](O)[C@@H]2O)(P(=O)(O)O)CN1. The summed E-state index contributed by atoms with van der Waals surface area (Å²) in [6.07, 6.45) is -0.0497. The van der Waals surface area contributed by atoms with Crippen molar-refractivity contribution in [3.8, 4) is 0 Å². The Labute approximate surface area is 204 Å². The summed E-state index contributed by atoms with van der Waals surface area (Å²) in [5.74, 6) is -0.0613. The van der Waals surface area contributed by atoms with Gasteiger partial charge in [0, 0.05) is 6.04 Å². The number of rotatable bonds is 7. The van der Waals surface area contributed by atoms with Crippen LogP contribution in [0.4, 0.5) is 5.82 Å². The molecule has 192 valence electrons. The molecule has 0 radical (unpaired) electrons. The van der Waals surface area contributed by atoms with Crippen molar-refractivity contribution in [1.29, 1.82) is 0 Å². The standard InChI is InChI=1S/C19H26ClN6O8P/c20-18-24-15(23-9-3-1-2-4-9)10-6-22-26(16(10)25-18)17-14(29)13(28)11(34-17)7-33-19(35(30,31)32)5-12(27)21-8-19/h6,9,11,13-14,17,28-29H,1-5,7-8H2,(H,21,27)(H,23,24,25)(H2,30,31,32)/t11-,13-,14-,17-,19?/m1/s1. The van der Waals surface area contributed by atoms with E-state index in [0.717, 1.165) is 25.7 Å². The fourth-order valence-corrected chi connectivity index (χ4v) is 5.81. The van der Waals surface area contributed by atoms with Gasteiger partial charge in [0.05, 0.1) is 31.2 Å². The lowest BCUT2D eigenvalue weighted by Crippen LogP contribution is -2.40. The molecule has 14 nitrogen and oxygen atoms in total. The van der Waals surface area contributed by atoms with Crippen LogP contribution in [0.2, 0.25) is 5.28 Å². The van der Waals surface area contributed by atoms with Gasteiger partial charge in [0.25, 0.3) is 0 Å². The maximum absolute atomic E-state index is 12.0. The average molecular weight is 533 g/mol. The van der Waals surface area contributed by atoms with Crippen LogP contribution in [0.15, 0.2) is 6.20 Å². The van der Waals surface area contributed by atoms with Crippen molar-refractivity contribution in [3.63, 3.8) is 0 Å². The molecule has 3 fully saturated rings. The number of ether oxygens (including phenoxy) is 2. The number of aliphatic hydroxyl groups is 2. The lowest BCUT2D eigenvalue weighted by atomic mass is 10.1. The number of fused-ring (bicyclic) bond motifs is 1. The van der Waals surface area contributed by atoms with E-state index in [1.54, 1.807) is 0 Å². The third-order valence-corrected chi connectivity index (χ3v) is 8.42. The summed E-state index contributed by atoms with van der Waals surface area (Å²) in [6, 6.07) is 0.252. The van der Waals surface area contributed by atoms with Crippen molar-refractivity contribution < 1.29 is 38.8 Å². The summed E-state index contributed by atoms with van der Waals surface area (Å²) in [6.45, 7) is -0.876. The highest BCUT2D eigenvalue weighted by atomic mass is 35.5. The van der Waals surface area contributed by atoms with E-state index < -0.39 is 56.4 Å². The Hall–Kier alpha value is -1.90. The van der Waals surface area contributed by atoms with Crippen molar-refractivity contribution in [2.75, 3.05) is 18.5 Å². The molecule has 0 aromatic carbocycles. The van der Waals surface area contributed by atoms with E-state index in [9.17, 15) is 29.4 Å². The molecule has 2 aromatic heterocycles. The second-order valence-electron chi connectivity index (χ2n) is 9.09. The molecule has 1 unspecified atom stereocenters. The molecule has 0 bridgehead atoms. The monoisotopic (exact) mass is 532 g/mol. The Morgan fingerprint density at radius 2 is 2.03 bits per heavy atom. The summed E-state index contributed by atoms with van der Waals surface area (Å²) in [5, 5.41) is 29.7. The van der Waals surface area contributed by atoms with Gasteiger partial charge in [-0.25, -0.2) is 4.68 Å². The van der Waals surface area contributed by atoms with E-state index in [0.29, 0.717) is 11.2 Å². The zero-order valence-electron chi connectivity index (χ0n) is 18.4. The molecule has 2 aliphatic heterocycles. The smallest absolute Gasteiger partial charge is 0.359 e. The van der Waals surface area contributed by atoms with Gasteiger partial charge in [0.2, 0.25) is 11.2 Å². The number of hydrogen-bond donors (Lipinski definition) is 6. The molecule has 1 saturated carbocycles. The fourth-order valence-electron chi connectivity index (χ4n) is 4.77. The number of nitrogens with one attached hydrogen (secondary N) is 2. The topological polar surface area (TPSA) is 201 Å². The number of halogens is 1. The third kappa shape index (κ3) is 4.53. The quantitative estimate of drug-likeness (QED) is 0.204. The normalized spacial score (nSPS) is 32.0. The maximum Gasteiger partial charge on any atom is 0.359 e. The zero-order chi connectivity index (χ0) is 25.0. The molecule has 16 heteroatoms. The van der Waals surface area contributed by atoms with Gasteiger partial charge < -0.3 is 40.1 Å². The highest BCUT2D eigenvalue weighted by molar-refractivity contribution is 7.53. The third-order valence-electron chi connectivity index (χ3n) is 6.75. The summed E-state index contributed by atoms with van der Waals surface area (Å²) >= 11 is 6.15. The minimum atomic E-state index is -4.85. The van der Waals surface area contributed by atoms with Crippen LogP contribution in [0.1, 0.15) is 38.3 Å². The van der Waals surface area contributed by atoms with E-state index in [-0.39, 0.29) is 23.5 Å². The van der Waals surface area contributed by atoms with Gasteiger partial charge >= 0.3 is 7.60 Å². The highest BCUT2D eigenvalue weighted by Gasteiger charge is 2.55. The Balaban J connectivity index is 1.36. The van der Waals surface area contributed by atoms with Crippen LogP contribution in [0, 0.1) is 0 Å². The van der Waals surface area contributed by atoms with Crippen molar-refractivity contribution >= 4 is 42.0 Å². The van der Waals surface area contributed by atoms with E-state index in [1.807, 2.05) is 0 Å². The molecule has 1 aliphatic carbocycles. The molecule has 6 N–H and O–H groups in total. The van der Waals surface area contributed by atoms with Gasteiger partial charge in [0.1, 0.15) is 24.1 Å². The molecule has 2 saturated heterocycles. The first-order valence-electron chi connectivity index (χ1n) is 11.2. The summed E-state index contributed by atoms with van der Waals surface area (Å²) < 4.78 is 24.5. The molecule has 5 rings (SSSR count). The largest absolute Gasteiger partial charge is 0.387 e. The molecular weight excluding hydrogens is 507 g/mol. The van der Waals surface area contributed by atoms with Crippen molar-refractivity contribution in [3.05, 3.63) is 11.5 Å². The minimum Gasteiger partial charge on any atom is -0.387 e. The lowest BCUT2D eigenvalue weighted by molar-refractivity contribution is -0.122. The van der Waals surface area contributed by atoms with Gasteiger partial charge in [-0.3, -0.25) is 9.36 Å². The molecule has 35 heavy (non-hydrogen) atoms. The number of aromatic nitrogens is 4. The molecule has 2 aromatic rings. The molecule has 5 atom stereocenters. The van der Waals surface area contributed by atoms with Crippen LogP contribution >= 0.6 is 19.2 Å². The van der Waals surface area contributed by atoms with Crippen molar-refractivity contribution in [2.45, 2.75) is 68.0 Å². The zero-order valence-corrected chi connectivity index (χ0v) is 20.1. The second-order valence-corrected chi connectivity index (χ2v) is 11.3. The van der Waals surface area contributed by atoms with Gasteiger partial charge in [-0.15, -0.1) is 0 Å². The molecular formula is C19H26ClN6O8P. The maximum atomic E-state index is 12.0. The van der Waals surface area contributed by atoms with E-state index in [4.69, 9.17) is 21.1 Å². The molecule has 3 aliphatic rings. The average Bonchev–Trinajstić information content (AvgIpc) is 3.56. The first kappa shape index (κ1) is 24.8. The van der Waals surface area contributed by atoms with E-state index in [1.165, 1.54) is 10.9 Å². The van der Waals surface area contributed by atoms with Crippen LogP contribution in [-0.4, -0.2) is 88.5 Å². The molecule has 1 amide bonds. The van der Waals surface area contributed by atoms with Crippen LogP contribution in [0.5, 0.6) is 0 Å². The van der Waals surface area contributed by atoms with Crippen LogP contribution in [-0.2, 0) is 18.8 Å². The summed E-state index contributed by atoms with van der Waals surface area (Å²) in [4.78, 5) is 39.6. The second kappa shape index (κ2) is 9.20. The van der Waals surface area contributed by atoms with Gasteiger partial charge in [-0.2, -0.15) is 15.1 Å². The Bertz CT molecular complexity index is 1170. The van der Waals surface area contributed by atoms with E-state index >= 15 is 0 Å². The fraction of sp³-hybridized carbons (Fsp3) is 0.684. The van der Waals surface area contributed by atoms with Gasteiger partial charge in [-0.1, -0.05) is 12.8 Å². The summed E-state index contributed by atoms with van der Waals surface area (Å²) in [7, 11) is -4.85. The Morgan fingerprint density at radius 1 is 1.29 bits per heavy atom. The number of anilines is 1. The van der Waals surface area contributed by atoms with Crippen LogP contribution < -0.4 is 10.6 Å². The van der Waals surface area contributed by atoms with Crippen molar-refractivity contribution in [1.82, 2.24) is 25.1 Å². The predicted octanol–water partition coefficient (Wildman–Crippen LogP) is -0.136. The Morgan fingerprint density at radius 3 is 2.69 bits per heavy atom. The van der Waals surface area contributed by atoms with Crippen LogP contribution in [0.3, 0.4) is 0 Å². The van der Waals surface area contributed by atoms with Gasteiger partial charge in [-0.05, 0) is 24.4 Å². The van der Waals surface area contributed by atoms with E-state index in [2.05, 4.69) is 25.7 Å². The number of aliphatic hydroxyl groups excluding tert-OH is 2. The first-order chi connectivity index (χ1) is 16.6. The molecule has 0 spiro atoms. The highest BCUT2D eigenvalue weighted by Crippen LogP contribution is 2.54. The molecule has 4 heterocycles.